The number of imidazole rings is 1. The molecule has 4 aromatic rings. The van der Waals surface area contributed by atoms with Gasteiger partial charge in [0.05, 0.1) is 30.4 Å². The molecule has 1 N–H and O–H groups in total. The van der Waals surface area contributed by atoms with Crippen molar-refractivity contribution in [3.05, 3.63) is 70.8 Å². The molecule has 0 fully saturated rings. The molecule has 0 atom stereocenters. The minimum Gasteiger partial charge on any atom is -0.497 e. The van der Waals surface area contributed by atoms with E-state index < -0.39 is 0 Å². The van der Waals surface area contributed by atoms with Crippen molar-refractivity contribution in [1.29, 1.82) is 0 Å². The van der Waals surface area contributed by atoms with E-state index in [1.54, 1.807) is 13.3 Å². The van der Waals surface area contributed by atoms with Gasteiger partial charge in [-0.3, -0.25) is 9.36 Å². The number of ether oxygens (including phenoxy) is 1. The van der Waals surface area contributed by atoms with Crippen molar-refractivity contribution in [1.82, 2.24) is 14.5 Å². The number of hydrogen-bond donors (Lipinski definition) is 1. The summed E-state index contributed by atoms with van der Waals surface area (Å²) in [5, 5.41) is 6.69. The van der Waals surface area contributed by atoms with Gasteiger partial charge < -0.3 is 10.1 Å². The Labute approximate surface area is 193 Å². The number of nitrogens with one attached hydrogen (secondary N) is 1. The van der Waals surface area contributed by atoms with Crippen LogP contribution >= 0.6 is 34.7 Å². The summed E-state index contributed by atoms with van der Waals surface area (Å²) >= 11 is 8.85. The summed E-state index contributed by atoms with van der Waals surface area (Å²) in [6.07, 6.45) is 1.81. The maximum absolute atomic E-state index is 12.4. The van der Waals surface area contributed by atoms with Gasteiger partial charge in [0, 0.05) is 21.7 Å². The number of benzene rings is 2. The third-order valence-corrected chi connectivity index (χ3v) is 6.48. The molecule has 9 heteroatoms. The van der Waals surface area contributed by atoms with E-state index in [2.05, 4.69) is 15.3 Å². The highest BCUT2D eigenvalue weighted by atomic mass is 35.5. The molecule has 158 valence electrons. The number of thiazole rings is 1. The Hall–Kier alpha value is -2.81. The molecule has 0 aliphatic rings. The molecule has 0 bridgehead atoms. The second-order valence-corrected chi connectivity index (χ2v) is 8.83. The Morgan fingerprint density at radius 3 is 2.58 bits per heavy atom. The van der Waals surface area contributed by atoms with Crippen LogP contribution in [0.4, 0.5) is 5.13 Å². The Morgan fingerprint density at radius 1 is 1.19 bits per heavy atom. The molecule has 2 heterocycles. The van der Waals surface area contributed by atoms with Gasteiger partial charge in [-0.05, 0) is 55.5 Å². The molecule has 2 aromatic carbocycles. The minimum absolute atomic E-state index is 0.129. The largest absolute Gasteiger partial charge is 0.497 e. The van der Waals surface area contributed by atoms with E-state index >= 15 is 0 Å². The number of rotatable bonds is 7. The number of halogens is 1. The zero-order chi connectivity index (χ0) is 21.8. The molecular weight excluding hydrogens is 452 g/mol. The minimum atomic E-state index is -0.129. The predicted octanol–water partition coefficient (Wildman–Crippen LogP) is 5.70. The standard InChI is InChI=1S/C22H19ClN4O2S2/c1-14-12-30-21(25-14)26-20(28)13-31-22-24-11-19(15-3-9-18(29-2)10-4-15)27(22)17-7-5-16(23)6-8-17/h3-12H,13H2,1-2H3,(H,25,26,28). The number of carbonyl (C=O) groups is 1. The molecule has 0 aliphatic carbocycles. The molecule has 4 rings (SSSR count). The Balaban J connectivity index is 1.61. The molecule has 0 saturated heterocycles. The van der Waals surface area contributed by atoms with Crippen LogP contribution in [0.2, 0.25) is 5.02 Å². The van der Waals surface area contributed by atoms with E-state index in [-0.39, 0.29) is 11.7 Å². The maximum Gasteiger partial charge on any atom is 0.236 e. The Kier molecular flexibility index (Phi) is 6.60. The summed E-state index contributed by atoms with van der Waals surface area (Å²) in [4.78, 5) is 21.3. The fraction of sp³-hybridized carbons (Fsp3) is 0.136. The highest BCUT2D eigenvalue weighted by molar-refractivity contribution is 7.99. The summed E-state index contributed by atoms with van der Waals surface area (Å²) in [5.41, 5.74) is 3.68. The van der Waals surface area contributed by atoms with E-state index in [1.165, 1.54) is 23.1 Å². The van der Waals surface area contributed by atoms with E-state index in [0.717, 1.165) is 28.4 Å². The van der Waals surface area contributed by atoms with E-state index in [9.17, 15) is 4.79 Å². The fourth-order valence-electron chi connectivity index (χ4n) is 2.94. The van der Waals surface area contributed by atoms with Crippen LogP contribution in [0.1, 0.15) is 5.69 Å². The number of methoxy groups -OCH3 is 1. The zero-order valence-electron chi connectivity index (χ0n) is 16.8. The summed E-state index contributed by atoms with van der Waals surface area (Å²) < 4.78 is 7.28. The molecule has 6 nitrogen and oxygen atoms in total. The van der Waals surface area contributed by atoms with Crippen LogP contribution < -0.4 is 10.1 Å². The SMILES string of the molecule is COc1ccc(-c2cnc(SCC(=O)Nc3nc(C)cs3)n2-c2ccc(Cl)cc2)cc1. The number of aryl methyl sites for hydroxylation is 1. The van der Waals surface area contributed by atoms with Gasteiger partial charge in [-0.1, -0.05) is 23.4 Å². The number of thioether (sulfide) groups is 1. The average molecular weight is 471 g/mol. The Bertz CT molecular complexity index is 1190. The van der Waals surface area contributed by atoms with Crippen molar-refractivity contribution in [2.45, 2.75) is 12.1 Å². The number of anilines is 1. The zero-order valence-corrected chi connectivity index (χ0v) is 19.2. The molecule has 0 unspecified atom stereocenters. The number of hydrogen-bond acceptors (Lipinski definition) is 6. The van der Waals surface area contributed by atoms with Crippen molar-refractivity contribution in [2.24, 2.45) is 0 Å². The second kappa shape index (κ2) is 9.55. The lowest BCUT2D eigenvalue weighted by atomic mass is 10.1. The van der Waals surface area contributed by atoms with E-state index in [0.29, 0.717) is 15.3 Å². The summed E-state index contributed by atoms with van der Waals surface area (Å²) in [5.74, 6) is 0.867. The first-order chi connectivity index (χ1) is 15.0. The average Bonchev–Trinajstić information content (AvgIpc) is 3.39. The van der Waals surface area contributed by atoms with Gasteiger partial charge in [0.25, 0.3) is 0 Å². The summed E-state index contributed by atoms with van der Waals surface area (Å²) in [6, 6.07) is 15.3. The third kappa shape index (κ3) is 5.10. The third-order valence-electron chi connectivity index (χ3n) is 4.40. The predicted molar refractivity (Wildman–Crippen MR) is 127 cm³/mol. The number of amides is 1. The van der Waals surface area contributed by atoms with Crippen molar-refractivity contribution in [3.8, 4) is 22.7 Å². The van der Waals surface area contributed by atoms with Crippen molar-refractivity contribution in [2.75, 3.05) is 18.2 Å². The van der Waals surface area contributed by atoms with Gasteiger partial charge in [-0.25, -0.2) is 9.97 Å². The lowest BCUT2D eigenvalue weighted by molar-refractivity contribution is -0.113. The highest BCUT2D eigenvalue weighted by Crippen LogP contribution is 2.31. The molecule has 0 radical (unpaired) electrons. The van der Waals surface area contributed by atoms with Gasteiger partial charge in [-0.2, -0.15) is 0 Å². The van der Waals surface area contributed by atoms with Gasteiger partial charge in [0.2, 0.25) is 5.91 Å². The molecule has 0 aliphatic heterocycles. The van der Waals surface area contributed by atoms with Crippen LogP contribution in [-0.4, -0.2) is 33.3 Å². The van der Waals surface area contributed by atoms with Gasteiger partial charge >= 0.3 is 0 Å². The van der Waals surface area contributed by atoms with Crippen LogP contribution in [-0.2, 0) is 4.79 Å². The summed E-state index contributed by atoms with van der Waals surface area (Å²) in [6.45, 7) is 1.89. The molecule has 2 aromatic heterocycles. The quantitative estimate of drug-likeness (QED) is 0.351. The Morgan fingerprint density at radius 2 is 1.94 bits per heavy atom. The molecule has 1 amide bonds. The van der Waals surface area contributed by atoms with Crippen LogP contribution in [0.15, 0.2) is 65.3 Å². The topological polar surface area (TPSA) is 69.0 Å². The number of aromatic nitrogens is 3. The van der Waals surface area contributed by atoms with E-state index in [4.69, 9.17) is 16.3 Å². The van der Waals surface area contributed by atoms with E-state index in [1.807, 2.05) is 65.4 Å². The van der Waals surface area contributed by atoms with Crippen LogP contribution in [0.3, 0.4) is 0 Å². The lowest BCUT2D eigenvalue weighted by Gasteiger charge is -2.12. The van der Waals surface area contributed by atoms with Crippen LogP contribution in [0, 0.1) is 6.92 Å². The molecule has 31 heavy (non-hydrogen) atoms. The molecular formula is C22H19ClN4O2S2. The van der Waals surface area contributed by atoms with Crippen LogP contribution in [0.25, 0.3) is 16.9 Å². The first-order valence-corrected chi connectivity index (χ1v) is 11.6. The van der Waals surface area contributed by atoms with Crippen molar-refractivity contribution < 1.29 is 9.53 Å². The van der Waals surface area contributed by atoms with Crippen molar-refractivity contribution in [3.63, 3.8) is 0 Å². The highest BCUT2D eigenvalue weighted by Gasteiger charge is 2.16. The van der Waals surface area contributed by atoms with Gasteiger partial charge in [0.1, 0.15) is 5.75 Å². The first-order valence-electron chi connectivity index (χ1n) is 9.36. The van der Waals surface area contributed by atoms with Gasteiger partial charge in [0.15, 0.2) is 10.3 Å². The smallest absolute Gasteiger partial charge is 0.236 e. The first kappa shape index (κ1) is 21.4. The summed E-state index contributed by atoms with van der Waals surface area (Å²) in [7, 11) is 1.64. The maximum atomic E-state index is 12.4. The molecule has 0 spiro atoms. The van der Waals surface area contributed by atoms with Crippen LogP contribution in [0.5, 0.6) is 5.75 Å². The second-order valence-electron chi connectivity index (χ2n) is 6.60. The normalized spacial score (nSPS) is 10.8. The molecule has 0 saturated carbocycles. The monoisotopic (exact) mass is 470 g/mol. The number of nitrogens with zero attached hydrogens (tertiary/aromatic N) is 3. The van der Waals surface area contributed by atoms with Crippen molar-refractivity contribution >= 4 is 45.7 Å². The van der Waals surface area contributed by atoms with Gasteiger partial charge in [-0.15, -0.1) is 11.3 Å². The lowest BCUT2D eigenvalue weighted by Crippen LogP contribution is -2.14. The fourth-order valence-corrected chi connectivity index (χ4v) is 4.56. The number of carbonyl (C=O) groups excluding carboxylic acids is 1.